The number of methoxy groups -OCH3 is 1. The third-order valence-electron chi connectivity index (χ3n) is 5.08. The molecule has 3 rings (SSSR count). The molecule has 0 unspecified atom stereocenters. The summed E-state index contributed by atoms with van der Waals surface area (Å²) in [4.78, 5) is 16.1. The number of carbonyl (C=O) groups excluding carboxylic acids is 1. The van der Waals surface area contributed by atoms with E-state index in [1.807, 2.05) is 31.2 Å². The van der Waals surface area contributed by atoms with Crippen LogP contribution in [0.2, 0.25) is 0 Å². The van der Waals surface area contributed by atoms with Gasteiger partial charge in [-0.3, -0.25) is 4.18 Å². The van der Waals surface area contributed by atoms with Crippen molar-refractivity contribution in [3.63, 3.8) is 0 Å². The zero-order valence-electron chi connectivity index (χ0n) is 16.9. The summed E-state index contributed by atoms with van der Waals surface area (Å²) in [7, 11) is -0.455. The highest BCUT2D eigenvalue weighted by Crippen LogP contribution is 2.21. The fourth-order valence-electron chi connectivity index (χ4n) is 3.27. The van der Waals surface area contributed by atoms with Gasteiger partial charge in [-0.2, -0.15) is 8.42 Å². The van der Waals surface area contributed by atoms with Crippen molar-refractivity contribution in [1.82, 2.24) is 9.80 Å². The van der Waals surface area contributed by atoms with Gasteiger partial charge < -0.3 is 14.5 Å². The molecule has 0 radical (unpaired) electrons. The molecular formula is C21H26N2O5S. The molecule has 1 aliphatic rings. The van der Waals surface area contributed by atoms with Crippen LogP contribution in [-0.2, 0) is 20.8 Å². The Morgan fingerprint density at radius 1 is 1.07 bits per heavy atom. The van der Waals surface area contributed by atoms with Crippen molar-refractivity contribution in [2.75, 3.05) is 27.3 Å². The van der Waals surface area contributed by atoms with Crippen LogP contribution in [0.5, 0.6) is 5.75 Å². The van der Waals surface area contributed by atoms with Gasteiger partial charge in [0.25, 0.3) is 10.1 Å². The number of amides is 2. The number of likely N-dealkylation sites (N-methyl/N-ethyl adjacent to an activating group) is 1. The first-order chi connectivity index (χ1) is 13.8. The van der Waals surface area contributed by atoms with Gasteiger partial charge in [0, 0.05) is 20.1 Å². The van der Waals surface area contributed by atoms with Crippen molar-refractivity contribution in [2.24, 2.45) is 0 Å². The molecule has 1 heterocycles. The van der Waals surface area contributed by atoms with Gasteiger partial charge in [0.1, 0.15) is 5.75 Å². The molecule has 0 bridgehead atoms. The molecule has 156 valence electrons. The van der Waals surface area contributed by atoms with E-state index in [1.54, 1.807) is 36.1 Å². The number of aryl methyl sites for hydroxylation is 1. The van der Waals surface area contributed by atoms with Gasteiger partial charge in [0.2, 0.25) is 0 Å². The molecule has 0 aliphatic carbocycles. The zero-order chi connectivity index (χ0) is 21.0. The fourth-order valence-corrected chi connectivity index (χ4v) is 4.19. The minimum Gasteiger partial charge on any atom is -0.497 e. The predicted octanol–water partition coefficient (Wildman–Crippen LogP) is 3.04. The van der Waals surface area contributed by atoms with Crippen LogP contribution in [0.25, 0.3) is 0 Å². The van der Waals surface area contributed by atoms with Gasteiger partial charge in [-0.1, -0.05) is 29.8 Å². The summed E-state index contributed by atoms with van der Waals surface area (Å²) in [5.74, 6) is 0.767. The Morgan fingerprint density at radius 2 is 1.72 bits per heavy atom. The summed E-state index contributed by atoms with van der Waals surface area (Å²) < 4.78 is 34.9. The molecular weight excluding hydrogens is 392 g/mol. The summed E-state index contributed by atoms with van der Waals surface area (Å²) in [6.45, 7) is 2.93. The maximum atomic E-state index is 12.5. The molecule has 0 saturated carbocycles. The van der Waals surface area contributed by atoms with E-state index in [0.717, 1.165) is 16.9 Å². The Labute approximate surface area is 172 Å². The Morgan fingerprint density at radius 3 is 2.34 bits per heavy atom. The maximum Gasteiger partial charge on any atom is 0.320 e. The highest BCUT2D eigenvalue weighted by atomic mass is 32.2. The van der Waals surface area contributed by atoms with Gasteiger partial charge in [0.05, 0.1) is 24.7 Å². The van der Waals surface area contributed by atoms with Crippen molar-refractivity contribution in [3.05, 3.63) is 59.7 Å². The van der Waals surface area contributed by atoms with Gasteiger partial charge in [0.15, 0.2) is 0 Å². The van der Waals surface area contributed by atoms with Crippen molar-refractivity contribution in [1.29, 1.82) is 0 Å². The van der Waals surface area contributed by atoms with E-state index in [-0.39, 0.29) is 23.6 Å². The quantitative estimate of drug-likeness (QED) is 0.616. The summed E-state index contributed by atoms with van der Waals surface area (Å²) in [5.41, 5.74) is 1.98. The standard InChI is InChI=1S/C21H26N2O5S/c1-16-4-10-20(11-5-16)29(25,26)28-13-12-18-15-23(21(24)22(18)2)14-17-6-8-19(27-3)9-7-17/h4-11,18H,12-15H2,1-3H3/t18-/m0/s1. The molecule has 2 aromatic rings. The molecule has 2 aromatic carbocycles. The second-order valence-corrected chi connectivity index (χ2v) is 8.77. The van der Waals surface area contributed by atoms with Gasteiger partial charge in [-0.15, -0.1) is 0 Å². The van der Waals surface area contributed by atoms with Crippen LogP contribution in [0.4, 0.5) is 4.79 Å². The fraction of sp³-hybridized carbons (Fsp3) is 0.381. The lowest BCUT2D eigenvalue weighted by Crippen LogP contribution is -2.31. The van der Waals surface area contributed by atoms with Crippen LogP contribution in [0.15, 0.2) is 53.4 Å². The molecule has 1 aliphatic heterocycles. The lowest BCUT2D eigenvalue weighted by Gasteiger charge is -2.17. The van der Waals surface area contributed by atoms with Crippen LogP contribution in [0, 0.1) is 6.92 Å². The van der Waals surface area contributed by atoms with Crippen LogP contribution >= 0.6 is 0 Å². The molecule has 0 spiro atoms. The lowest BCUT2D eigenvalue weighted by molar-refractivity contribution is 0.191. The molecule has 2 amide bonds. The van der Waals surface area contributed by atoms with E-state index < -0.39 is 10.1 Å². The number of nitrogens with zero attached hydrogens (tertiary/aromatic N) is 2. The topological polar surface area (TPSA) is 76.2 Å². The maximum absolute atomic E-state index is 12.5. The third-order valence-corrected chi connectivity index (χ3v) is 6.41. The van der Waals surface area contributed by atoms with Crippen LogP contribution in [0.1, 0.15) is 17.5 Å². The van der Waals surface area contributed by atoms with E-state index in [9.17, 15) is 13.2 Å². The second-order valence-electron chi connectivity index (χ2n) is 7.15. The van der Waals surface area contributed by atoms with E-state index in [4.69, 9.17) is 8.92 Å². The zero-order valence-corrected chi connectivity index (χ0v) is 17.7. The van der Waals surface area contributed by atoms with Crippen LogP contribution < -0.4 is 4.74 Å². The average molecular weight is 419 g/mol. The summed E-state index contributed by atoms with van der Waals surface area (Å²) in [6, 6.07) is 13.9. The van der Waals surface area contributed by atoms with Crippen LogP contribution in [-0.4, -0.2) is 57.6 Å². The normalized spacial score (nSPS) is 17.1. The van der Waals surface area contributed by atoms with Crippen molar-refractivity contribution < 1.29 is 22.1 Å². The summed E-state index contributed by atoms with van der Waals surface area (Å²) in [6.07, 6.45) is 0.437. The monoisotopic (exact) mass is 418 g/mol. The molecule has 0 aromatic heterocycles. The van der Waals surface area contributed by atoms with E-state index >= 15 is 0 Å². The van der Waals surface area contributed by atoms with Crippen molar-refractivity contribution in [2.45, 2.75) is 30.8 Å². The number of rotatable bonds is 8. The van der Waals surface area contributed by atoms with Gasteiger partial charge >= 0.3 is 6.03 Å². The molecule has 8 heteroatoms. The van der Waals surface area contributed by atoms with E-state index in [0.29, 0.717) is 19.5 Å². The van der Waals surface area contributed by atoms with Crippen molar-refractivity contribution in [3.8, 4) is 5.75 Å². The number of hydrogen-bond acceptors (Lipinski definition) is 5. The minimum atomic E-state index is -3.80. The highest BCUT2D eigenvalue weighted by Gasteiger charge is 2.34. The first-order valence-electron chi connectivity index (χ1n) is 9.41. The summed E-state index contributed by atoms with van der Waals surface area (Å²) in [5, 5.41) is 0. The molecule has 1 atom stereocenters. The Hall–Kier alpha value is -2.58. The average Bonchev–Trinajstić information content (AvgIpc) is 2.97. The lowest BCUT2D eigenvalue weighted by atomic mass is 10.2. The molecule has 1 saturated heterocycles. The highest BCUT2D eigenvalue weighted by molar-refractivity contribution is 7.86. The largest absolute Gasteiger partial charge is 0.497 e. The van der Waals surface area contributed by atoms with Crippen LogP contribution in [0.3, 0.4) is 0 Å². The first-order valence-corrected chi connectivity index (χ1v) is 10.8. The van der Waals surface area contributed by atoms with Crippen molar-refractivity contribution >= 4 is 16.1 Å². The van der Waals surface area contributed by atoms with Gasteiger partial charge in [-0.05, 0) is 43.2 Å². The molecule has 7 nitrogen and oxygen atoms in total. The summed E-state index contributed by atoms with van der Waals surface area (Å²) >= 11 is 0. The van der Waals surface area contributed by atoms with E-state index in [1.165, 1.54) is 12.1 Å². The Bertz CT molecular complexity index is 942. The van der Waals surface area contributed by atoms with Gasteiger partial charge in [-0.25, -0.2) is 4.79 Å². The number of urea groups is 1. The molecule has 0 N–H and O–H groups in total. The second kappa shape index (κ2) is 8.84. The third kappa shape index (κ3) is 5.07. The molecule has 29 heavy (non-hydrogen) atoms. The Kier molecular flexibility index (Phi) is 6.44. The smallest absolute Gasteiger partial charge is 0.320 e. The minimum absolute atomic E-state index is 0.0227. The number of carbonyl (C=O) groups is 1. The SMILES string of the molecule is COc1ccc(CN2C[C@H](CCOS(=O)(=O)c3ccc(C)cc3)N(C)C2=O)cc1. The Balaban J connectivity index is 1.54. The number of hydrogen-bond donors (Lipinski definition) is 0. The molecule has 1 fully saturated rings. The predicted molar refractivity (Wildman–Crippen MR) is 109 cm³/mol. The first kappa shape index (κ1) is 21.1. The number of benzene rings is 2. The number of ether oxygens (including phenoxy) is 1. The van der Waals surface area contributed by atoms with E-state index in [2.05, 4.69) is 0 Å².